The van der Waals surface area contributed by atoms with Gasteiger partial charge in [0.05, 0.1) is 38.8 Å². The first-order valence-electron chi connectivity index (χ1n) is 42.2. The van der Waals surface area contributed by atoms with Crippen molar-refractivity contribution in [1.82, 2.24) is 42.5 Å². The molecule has 3 fully saturated rings. The zero-order chi connectivity index (χ0) is 96.6. The number of amides is 8. The van der Waals surface area contributed by atoms with Crippen molar-refractivity contribution in [3.8, 4) is 80.1 Å². The first kappa shape index (κ1) is 98.9. The standard InChI is InChI=1S/C88H95Br2Cl2N9O33/c1-31(2)8-6-4-5-7-9-57(110)96-68-74(115)71(112)55(29-103)131-87(68)134-78-52-23-37-24-53(78)128-49-17-13-36(21-42(49)92)77(133-86-67(94-32(3)105)73(114)70(111)54(28-102)130-86)69-84(123)100-66(85(124)125)59-58(51(27-47(109)61(59)90)129-88-76(117)75(116)72(113)56(30-104)132-88)39-20-35(12-14-44(39)106)63(81(120)101-69)97-82(121)64(37)98-83(122)65-40-25-38(26-46(108)60(40)89)126-50-22-34(11-15-45(50)107)62(93)80(119)95-43(79(118)99-65)19-33-10-16-48(127-52)41(91)18-33/h10-18,20-27,31,43,54-56,62-77,86-88,102-104,106-109,111-117H,4-9,19,28-30,93H2,1-3H3,(H,94,105)(H,95,119)(H,96,110)(H,97,121)(H,98,122)(H,99,118)(H,100,123)(H,101,120)(H,124,125)/t43-,54-,55-,56-,62-,63-,64-,65+,66+,67-,68-,69+,70-,71-,72-,73-,74-,75+,76+,77-,86+,87+,88+/m1/s1. The molecule has 0 radical (unpaired) electrons. The van der Waals surface area contributed by atoms with Gasteiger partial charge in [-0.05, 0) is 139 Å². The second-order valence-corrected chi connectivity index (χ2v) is 35.8. The van der Waals surface area contributed by atoms with Crippen molar-refractivity contribution in [3.63, 3.8) is 0 Å². The number of aliphatic carboxylic acids is 1. The predicted molar refractivity (Wildman–Crippen MR) is 468 cm³/mol. The number of hydrogen-bond acceptors (Lipinski definition) is 33. The molecule has 25 N–H and O–H groups in total. The maximum atomic E-state index is 17.1. The summed E-state index contributed by atoms with van der Waals surface area (Å²) in [5.41, 5.74) is 2.60. The fourth-order valence-electron chi connectivity index (χ4n) is 16.5. The zero-order valence-corrected chi connectivity index (χ0v) is 75.6. The van der Waals surface area contributed by atoms with Crippen molar-refractivity contribution in [1.29, 1.82) is 0 Å². The van der Waals surface area contributed by atoms with Crippen LogP contribution in [0.15, 0.2) is 112 Å². The largest absolute Gasteiger partial charge is 0.507 e. The first-order valence-corrected chi connectivity index (χ1v) is 44.5. The van der Waals surface area contributed by atoms with Crippen LogP contribution in [0, 0.1) is 5.92 Å². The van der Waals surface area contributed by atoms with E-state index in [2.05, 4.69) is 88.2 Å². The molecular weight excluding hydrogens is 1940 g/mol. The quantitative estimate of drug-likeness (QED) is 0.0517. The lowest BCUT2D eigenvalue weighted by molar-refractivity contribution is -0.284. The molecule has 16 rings (SSSR count). The number of unbranched alkanes of at least 4 members (excludes halogenated alkanes) is 3. The molecule has 0 aliphatic carbocycles. The number of ether oxygens (including phenoxy) is 9. The van der Waals surface area contributed by atoms with Crippen LogP contribution in [0.5, 0.6) is 69.0 Å². The van der Waals surface area contributed by atoms with Gasteiger partial charge < -0.3 is 167 Å². The van der Waals surface area contributed by atoms with E-state index in [0.29, 0.717) is 18.8 Å². The summed E-state index contributed by atoms with van der Waals surface area (Å²) in [5.74, 6) is -19.5. The van der Waals surface area contributed by atoms with Crippen LogP contribution in [0.4, 0.5) is 0 Å². The normalized spacial score (nSPS) is 28.7. The van der Waals surface area contributed by atoms with Crippen LogP contribution in [-0.4, -0.2) is 254 Å². The van der Waals surface area contributed by atoms with Gasteiger partial charge in [-0.15, -0.1) is 0 Å². The summed E-state index contributed by atoms with van der Waals surface area (Å²) < 4.78 is 56.6. The fraction of sp³-hybridized carbons (Fsp3) is 0.420. The predicted octanol–water partition coefficient (Wildman–Crippen LogP) is 2.54. The van der Waals surface area contributed by atoms with Gasteiger partial charge in [0.2, 0.25) is 65.6 Å². The minimum atomic E-state index is -2.63. The number of benzene rings is 7. The van der Waals surface area contributed by atoms with Gasteiger partial charge in [-0.2, -0.15) is 0 Å². The number of aromatic hydroxyl groups is 4. The van der Waals surface area contributed by atoms with Crippen LogP contribution in [0.2, 0.25) is 10.0 Å². The highest BCUT2D eigenvalue weighted by molar-refractivity contribution is 9.11. The second-order valence-electron chi connectivity index (χ2n) is 33.4. The highest BCUT2D eigenvalue weighted by atomic mass is 79.9. The van der Waals surface area contributed by atoms with Gasteiger partial charge >= 0.3 is 5.97 Å². The molecule has 134 heavy (non-hydrogen) atoms. The van der Waals surface area contributed by atoms with Gasteiger partial charge in [0.25, 0.3) is 0 Å². The first-order chi connectivity index (χ1) is 63.7. The van der Waals surface area contributed by atoms with E-state index in [1.807, 2.05) is 0 Å². The smallest absolute Gasteiger partial charge is 0.330 e. The SMILES string of the molecule is CC(=O)N[C@H]1[C@H](O[C@@H]2c3ccc(c(Cl)c3)Oc3cc4cc(c3O[C@@H]3O[C@H](CO)[C@@H](O)[C@H](O)[C@H]3NC(=O)CCCCCCC(C)C)Oc3ccc(cc3Cl)C[C@H]3NC(=O)[C@H](N)c5ccc(O)c(c5)Oc5cc(O)c(Br)c(c5)[C@H](NC3=O)C(=O)N[C@H]4C(=O)N[C@H]3C(=O)N[C@@H]2C(=O)N[C@H](C(=O)O)c2c(Br)c(O)cc(O[C@H]4O[C@H](CO)[C@@H](O)[C@H](O)[C@@H]4O)c2-c2cc3ccc2O)O[C@H](CO)[C@@H](O)[C@@H]1O. The molecule has 8 amide bonds. The van der Waals surface area contributed by atoms with E-state index in [9.17, 15) is 95.8 Å². The third-order valence-electron chi connectivity index (χ3n) is 23.6. The van der Waals surface area contributed by atoms with Crippen molar-refractivity contribution >= 4 is 108 Å². The number of carboxylic acids is 1. The number of aliphatic hydroxyl groups excluding tert-OH is 10. The third kappa shape index (κ3) is 21.0. The van der Waals surface area contributed by atoms with Crippen molar-refractivity contribution in [2.75, 3.05) is 19.8 Å². The summed E-state index contributed by atoms with van der Waals surface area (Å²) in [4.78, 5) is 139. The monoisotopic (exact) mass is 2030 g/mol. The molecule has 0 unspecified atom stereocenters. The van der Waals surface area contributed by atoms with Crippen molar-refractivity contribution in [2.45, 2.75) is 206 Å². The third-order valence-corrected chi connectivity index (χ3v) is 25.9. The molecule has 23 atom stereocenters. The van der Waals surface area contributed by atoms with Crippen molar-refractivity contribution in [3.05, 3.63) is 161 Å². The lowest BCUT2D eigenvalue weighted by atomic mass is 9.89. The lowest BCUT2D eigenvalue weighted by Crippen LogP contribution is -2.65. The molecule has 9 aliphatic rings. The van der Waals surface area contributed by atoms with E-state index in [-0.39, 0.29) is 44.3 Å². The number of aliphatic hydroxyl groups is 10. The summed E-state index contributed by atoms with van der Waals surface area (Å²) in [6.07, 6.45) is -26.1. The van der Waals surface area contributed by atoms with Gasteiger partial charge in [-0.1, -0.05) is 87.0 Å². The Morgan fingerprint density at radius 1 is 0.515 bits per heavy atom. The van der Waals surface area contributed by atoms with Crippen LogP contribution < -0.4 is 72.0 Å². The molecular formula is C88H95Br2Cl2N9O33. The molecule has 9 aliphatic heterocycles. The Balaban J connectivity index is 1.05. The Morgan fingerprint density at radius 2 is 1.07 bits per heavy atom. The van der Waals surface area contributed by atoms with Gasteiger partial charge in [-0.25, -0.2) is 4.79 Å². The van der Waals surface area contributed by atoms with E-state index in [1.165, 1.54) is 30.3 Å². The molecule has 42 nitrogen and oxygen atoms in total. The van der Waals surface area contributed by atoms with Gasteiger partial charge in [0.15, 0.2) is 35.3 Å². The topological polar surface area (TPSA) is 662 Å². The summed E-state index contributed by atoms with van der Waals surface area (Å²) in [5, 5.41) is 191. The van der Waals surface area contributed by atoms with Crippen LogP contribution >= 0.6 is 55.1 Å². The molecule has 7 aromatic carbocycles. The molecule has 0 aromatic heterocycles. The molecule has 0 saturated carbocycles. The summed E-state index contributed by atoms with van der Waals surface area (Å²) >= 11 is 21.3. The van der Waals surface area contributed by atoms with Crippen LogP contribution in [0.1, 0.15) is 135 Å². The summed E-state index contributed by atoms with van der Waals surface area (Å²) in [6, 6.07) is -1.44. The molecule has 0 spiro atoms. The van der Waals surface area contributed by atoms with Gasteiger partial charge in [0.1, 0.15) is 156 Å². The maximum absolute atomic E-state index is 17.1. The average molecular weight is 2040 g/mol. The highest BCUT2D eigenvalue weighted by Crippen LogP contribution is 2.53. The van der Waals surface area contributed by atoms with E-state index < -0.39 is 320 Å². The number of nitrogens with two attached hydrogens (primary N) is 1. The van der Waals surface area contributed by atoms with Crippen LogP contribution in [-0.2, 0) is 68.5 Å². The van der Waals surface area contributed by atoms with Crippen molar-refractivity contribution in [2.24, 2.45) is 11.7 Å². The second kappa shape index (κ2) is 41.6. The number of carbonyl (C=O) groups excluding carboxylic acids is 8. The summed E-state index contributed by atoms with van der Waals surface area (Å²) in [7, 11) is 0. The van der Waals surface area contributed by atoms with Crippen LogP contribution in [0.3, 0.4) is 0 Å². The minimum absolute atomic E-state index is 0.0169. The minimum Gasteiger partial charge on any atom is -0.507 e. The van der Waals surface area contributed by atoms with E-state index >= 15 is 24.0 Å². The number of fused-ring (bicyclic) bond motifs is 14. The number of phenols is 4. The maximum Gasteiger partial charge on any atom is 0.330 e. The molecule has 46 heteroatoms. The average Bonchev–Trinajstić information content (AvgIpc) is 0.847. The Labute approximate surface area is 787 Å². The number of carbonyl (C=O) groups is 9. The number of nitrogens with one attached hydrogen (secondary N) is 8. The summed E-state index contributed by atoms with van der Waals surface area (Å²) in [6.45, 7) is 1.94. The molecule has 718 valence electrons. The number of rotatable bonds is 19. The highest BCUT2D eigenvalue weighted by Gasteiger charge is 2.53. The van der Waals surface area contributed by atoms with Crippen LogP contribution in [0.25, 0.3) is 11.1 Å². The number of carboxylic acid groups (broad SMARTS) is 1. The lowest BCUT2D eigenvalue weighted by Gasteiger charge is -2.44. The van der Waals surface area contributed by atoms with E-state index in [4.69, 9.17) is 71.6 Å². The molecule has 17 bridgehead atoms. The molecule has 9 heterocycles. The number of phenolic OH excluding ortho intramolecular Hbond substituents is 4. The van der Waals surface area contributed by atoms with Crippen molar-refractivity contribution < 1.29 is 162 Å². The Bertz CT molecular complexity index is 5690. The van der Waals surface area contributed by atoms with E-state index in [1.54, 1.807) is 0 Å². The number of hydrogen-bond donors (Lipinski definition) is 24. The Morgan fingerprint density at radius 3 is 1.71 bits per heavy atom. The molecule has 3 saturated heterocycles. The Hall–Kier alpha value is -11.1. The van der Waals surface area contributed by atoms with E-state index in [0.717, 1.165) is 99.0 Å². The Kier molecular flexibility index (Phi) is 30.7. The van der Waals surface area contributed by atoms with Gasteiger partial charge in [-0.3, -0.25) is 38.4 Å². The number of halogens is 4. The molecule has 7 aromatic rings. The zero-order valence-electron chi connectivity index (χ0n) is 70.9. The fourth-order valence-corrected chi connectivity index (χ4v) is 18.0. The van der Waals surface area contributed by atoms with Gasteiger partial charge in [0, 0.05) is 54.2 Å².